The number of aryl methyl sites for hydroxylation is 2. The minimum Gasteiger partial charge on any atom is -0.493 e. The van der Waals surface area contributed by atoms with E-state index < -0.39 is 0 Å². The van der Waals surface area contributed by atoms with Crippen LogP contribution in [0.5, 0.6) is 11.5 Å². The van der Waals surface area contributed by atoms with Gasteiger partial charge in [-0.05, 0) is 43.5 Å². The van der Waals surface area contributed by atoms with E-state index in [0.29, 0.717) is 11.5 Å². The standard InChI is InChI=1S/C19H21NO3S/c1-11-5-6-13-9-18(24-17(13)7-11)19(21)20-14-10-16(23-4)15(22-3)8-12(14)2/h5-8,10,18H,9H2,1-4H3,(H,20,21). The Balaban J connectivity index is 1.76. The van der Waals surface area contributed by atoms with Gasteiger partial charge in [-0.3, -0.25) is 4.79 Å². The van der Waals surface area contributed by atoms with E-state index in [4.69, 9.17) is 9.47 Å². The van der Waals surface area contributed by atoms with E-state index in [2.05, 4.69) is 30.4 Å². The maximum absolute atomic E-state index is 12.7. The molecule has 1 aliphatic heterocycles. The first kappa shape index (κ1) is 16.7. The molecule has 1 amide bonds. The zero-order valence-electron chi connectivity index (χ0n) is 14.3. The van der Waals surface area contributed by atoms with Gasteiger partial charge in [0.2, 0.25) is 5.91 Å². The van der Waals surface area contributed by atoms with E-state index >= 15 is 0 Å². The van der Waals surface area contributed by atoms with Gasteiger partial charge in [-0.1, -0.05) is 17.7 Å². The first-order valence-electron chi connectivity index (χ1n) is 7.81. The third kappa shape index (κ3) is 3.22. The van der Waals surface area contributed by atoms with Crippen LogP contribution < -0.4 is 14.8 Å². The highest BCUT2D eigenvalue weighted by molar-refractivity contribution is 8.01. The van der Waals surface area contributed by atoms with Crippen LogP contribution in [-0.2, 0) is 11.2 Å². The van der Waals surface area contributed by atoms with Crippen molar-refractivity contribution in [2.24, 2.45) is 0 Å². The molecule has 0 saturated heterocycles. The monoisotopic (exact) mass is 343 g/mol. The van der Waals surface area contributed by atoms with Crippen molar-refractivity contribution in [2.75, 3.05) is 19.5 Å². The largest absolute Gasteiger partial charge is 0.493 e. The Morgan fingerprint density at radius 1 is 1.12 bits per heavy atom. The third-order valence-electron chi connectivity index (χ3n) is 4.18. The maximum atomic E-state index is 12.7. The summed E-state index contributed by atoms with van der Waals surface area (Å²) < 4.78 is 10.6. The van der Waals surface area contributed by atoms with Crippen LogP contribution in [0.3, 0.4) is 0 Å². The minimum atomic E-state index is -0.103. The van der Waals surface area contributed by atoms with Gasteiger partial charge in [-0.15, -0.1) is 11.8 Å². The Morgan fingerprint density at radius 3 is 2.54 bits per heavy atom. The molecular formula is C19H21NO3S. The Kier molecular flexibility index (Phi) is 4.71. The Bertz CT molecular complexity index is 788. The molecule has 4 nitrogen and oxygen atoms in total. The fourth-order valence-electron chi connectivity index (χ4n) is 2.81. The Labute approximate surface area is 146 Å². The molecule has 1 atom stereocenters. The number of anilines is 1. The number of hydrogen-bond acceptors (Lipinski definition) is 4. The Morgan fingerprint density at radius 2 is 1.83 bits per heavy atom. The van der Waals surface area contributed by atoms with Crippen LogP contribution in [0.15, 0.2) is 35.2 Å². The number of methoxy groups -OCH3 is 2. The summed E-state index contributed by atoms with van der Waals surface area (Å²) in [6.07, 6.45) is 0.762. The number of benzene rings is 2. The van der Waals surface area contributed by atoms with Gasteiger partial charge in [0.05, 0.1) is 19.5 Å². The quantitative estimate of drug-likeness (QED) is 0.912. The highest BCUT2D eigenvalue weighted by Gasteiger charge is 2.28. The SMILES string of the molecule is COc1cc(C)c(NC(=O)C2Cc3ccc(C)cc3S2)cc1OC. The molecule has 1 N–H and O–H groups in total. The number of ether oxygens (including phenoxy) is 2. The van der Waals surface area contributed by atoms with E-state index in [1.54, 1.807) is 26.0 Å². The molecule has 126 valence electrons. The van der Waals surface area contributed by atoms with Crippen molar-refractivity contribution in [1.29, 1.82) is 0 Å². The molecule has 24 heavy (non-hydrogen) atoms. The van der Waals surface area contributed by atoms with E-state index in [-0.39, 0.29) is 11.2 Å². The molecule has 0 radical (unpaired) electrons. The maximum Gasteiger partial charge on any atom is 0.238 e. The third-order valence-corrected chi connectivity index (χ3v) is 5.48. The van der Waals surface area contributed by atoms with Crippen molar-refractivity contribution >= 4 is 23.4 Å². The van der Waals surface area contributed by atoms with Crippen molar-refractivity contribution < 1.29 is 14.3 Å². The second-order valence-electron chi connectivity index (χ2n) is 5.93. The number of amides is 1. The highest BCUT2D eigenvalue weighted by Crippen LogP contribution is 2.39. The number of thioether (sulfide) groups is 1. The van der Waals surface area contributed by atoms with Crippen molar-refractivity contribution in [1.82, 2.24) is 0 Å². The highest BCUT2D eigenvalue weighted by atomic mass is 32.2. The molecule has 0 saturated carbocycles. The van der Waals surface area contributed by atoms with Gasteiger partial charge in [0.15, 0.2) is 11.5 Å². The van der Waals surface area contributed by atoms with Crippen molar-refractivity contribution in [3.63, 3.8) is 0 Å². The van der Waals surface area contributed by atoms with Crippen LogP contribution in [0.25, 0.3) is 0 Å². The zero-order valence-corrected chi connectivity index (χ0v) is 15.1. The first-order chi connectivity index (χ1) is 11.5. The molecule has 0 spiro atoms. The predicted octanol–water partition coefficient (Wildman–Crippen LogP) is 3.98. The fraction of sp³-hybridized carbons (Fsp3) is 0.316. The smallest absolute Gasteiger partial charge is 0.238 e. The van der Waals surface area contributed by atoms with Crippen LogP contribution in [0.4, 0.5) is 5.69 Å². The van der Waals surface area contributed by atoms with Crippen LogP contribution in [-0.4, -0.2) is 25.4 Å². The first-order valence-corrected chi connectivity index (χ1v) is 8.69. The molecule has 5 heteroatoms. The van der Waals surface area contributed by atoms with E-state index in [1.807, 2.05) is 19.1 Å². The molecular weight excluding hydrogens is 322 g/mol. The van der Waals surface area contributed by atoms with Gasteiger partial charge < -0.3 is 14.8 Å². The Hall–Kier alpha value is -2.14. The predicted molar refractivity (Wildman–Crippen MR) is 97.4 cm³/mol. The average molecular weight is 343 g/mol. The minimum absolute atomic E-state index is 0.0178. The van der Waals surface area contributed by atoms with E-state index in [9.17, 15) is 4.79 Å². The summed E-state index contributed by atoms with van der Waals surface area (Å²) in [4.78, 5) is 13.9. The summed E-state index contributed by atoms with van der Waals surface area (Å²) in [6.45, 7) is 4.01. The molecule has 2 aromatic rings. The topological polar surface area (TPSA) is 47.6 Å². The van der Waals surface area contributed by atoms with Crippen molar-refractivity contribution in [3.8, 4) is 11.5 Å². The number of carbonyl (C=O) groups excluding carboxylic acids is 1. The number of fused-ring (bicyclic) bond motifs is 1. The number of carbonyl (C=O) groups is 1. The van der Waals surface area contributed by atoms with Gasteiger partial charge in [0.25, 0.3) is 0 Å². The van der Waals surface area contributed by atoms with Crippen molar-refractivity contribution in [3.05, 3.63) is 47.0 Å². The van der Waals surface area contributed by atoms with E-state index in [0.717, 1.165) is 17.7 Å². The van der Waals surface area contributed by atoms with Crippen LogP contribution in [0, 0.1) is 13.8 Å². The number of nitrogens with one attached hydrogen (secondary N) is 1. The summed E-state index contributed by atoms with van der Waals surface area (Å²) in [5, 5.41) is 2.93. The summed E-state index contributed by atoms with van der Waals surface area (Å²) >= 11 is 1.63. The fourth-order valence-corrected chi connectivity index (χ4v) is 4.10. The lowest BCUT2D eigenvalue weighted by Crippen LogP contribution is -2.25. The average Bonchev–Trinajstić information content (AvgIpc) is 2.99. The lowest BCUT2D eigenvalue weighted by molar-refractivity contribution is -0.115. The molecule has 2 aromatic carbocycles. The second kappa shape index (κ2) is 6.77. The lowest BCUT2D eigenvalue weighted by atomic mass is 10.1. The van der Waals surface area contributed by atoms with Crippen molar-refractivity contribution in [2.45, 2.75) is 30.4 Å². The van der Waals surface area contributed by atoms with Crippen LogP contribution >= 0.6 is 11.8 Å². The van der Waals surface area contributed by atoms with Gasteiger partial charge in [0, 0.05) is 16.6 Å². The van der Waals surface area contributed by atoms with Crippen LogP contribution in [0.1, 0.15) is 16.7 Å². The second-order valence-corrected chi connectivity index (χ2v) is 7.18. The molecule has 0 fully saturated rings. The summed E-state index contributed by atoms with van der Waals surface area (Å²) in [5.41, 5.74) is 4.16. The molecule has 0 aliphatic carbocycles. The molecule has 3 rings (SSSR count). The summed E-state index contributed by atoms with van der Waals surface area (Å²) in [6, 6.07) is 10.0. The molecule has 0 bridgehead atoms. The summed E-state index contributed by atoms with van der Waals surface area (Å²) in [5.74, 6) is 1.28. The van der Waals surface area contributed by atoms with Gasteiger partial charge >= 0.3 is 0 Å². The summed E-state index contributed by atoms with van der Waals surface area (Å²) in [7, 11) is 3.19. The molecule has 1 unspecified atom stereocenters. The number of hydrogen-bond donors (Lipinski definition) is 1. The van der Waals surface area contributed by atoms with Gasteiger partial charge in [-0.2, -0.15) is 0 Å². The normalized spacial score (nSPS) is 15.8. The molecule has 0 aromatic heterocycles. The molecule has 1 heterocycles. The lowest BCUT2D eigenvalue weighted by Gasteiger charge is -2.15. The zero-order chi connectivity index (χ0) is 17.3. The van der Waals surface area contributed by atoms with Gasteiger partial charge in [0.1, 0.15) is 0 Å². The van der Waals surface area contributed by atoms with Crippen LogP contribution in [0.2, 0.25) is 0 Å². The number of rotatable bonds is 4. The van der Waals surface area contributed by atoms with Gasteiger partial charge in [-0.25, -0.2) is 0 Å². The molecule has 1 aliphatic rings. The van der Waals surface area contributed by atoms with E-state index in [1.165, 1.54) is 16.0 Å².